The quantitative estimate of drug-likeness (QED) is 0.835. The minimum Gasteiger partial charge on any atom is -0.344 e. The van der Waals surface area contributed by atoms with E-state index in [0.717, 1.165) is 36.7 Å². The van der Waals surface area contributed by atoms with Crippen LogP contribution in [-0.2, 0) is 6.54 Å². The summed E-state index contributed by atoms with van der Waals surface area (Å²) in [5.41, 5.74) is 5.24. The first kappa shape index (κ1) is 14.1. The molecule has 108 valence electrons. The zero-order chi connectivity index (χ0) is 14.7. The van der Waals surface area contributed by atoms with E-state index in [1.54, 1.807) is 0 Å². The Labute approximate surface area is 131 Å². The van der Waals surface area contributed by atoms with Crippen molar-refractivity contribution in [3.8, 4) is 0 Å². The van der Waals surface area contributed by atoms with Gasteiger partial charge in [-0.15, -0.1) is 0 Å². The Kier molecular flexibility index (Phi) is 4.20. The molecule has 1 aliphatic carbocycles. The Morgan fingerprint density at radius 2 is 2.14 bits per heavy atom. The van der Waals surface area contributed by atoms with E-state index in [9.17, 15) is 0 Å². The molecule has 0 unspecified atom stereocenters. The summed E-state index contributed by atoms with van der Waals surface area (Å²) in [4.78, 5) is 2.26. The van der Waals surface area contributed by atoms with Gasteiger partial charge < -0.3 is 10.2 Å². The van der Waals surface area contributed by atoms with Crippen LogP contribution in [0.15, 0.2) is 54.2 Å². The minimum absolute atomic E-state index is 0.839. The molecule has 0 aromatic heterocycles. The van der Waals surface area contributed by atoms with Crippen LogP contribution in [0.4, 0.5) is 5.69 Å². The van der Waals surface area contributed by atoms with Gasteiger partial charge in [0.2, 0.25) is 0 Å². The predicted molar refractivity (Wildman–Crippen MR) is 93.4 cm³/mol. The van der Waals surface area contributed by atoms with Crippen molar-refractivity contribution in [2.75, 3.05) is 11.9 Å². The first-order chi connectivity index (χ1) is 10.2. The van der Waals surface area contributed by atoms with Gasteiger partial charge in [0.15, 0.2) is 5.11 Å². The second kappa shape index (κ2) is 6.27. The van der Waals surface area contributed by atoms with Gasteiger partial charge in [-0.25, -0.2) is 0 Å². The zero-order valence-corrected chi connectivity index (χ0v) is 13.1. The van der Waals surface area contributed by atoms with E-state index in [2.05, 4.69) is 65.7 Å². The van der Waals surface area contributed by atoms with Gasteiger partial charge in [0.05, 0.1) is 0 Å². The number of aryl methyl sites for hydroxylation is 1. The predicted octanol–water partition coefficient (Wildman–Crippen LogP) is 4.34. The summed E-state index contributed by atoms with van der Waals surface area (Å²) >= 11 is 5.50. The van der Waals surface area contributed by atoms with Gasteiger partial charge in [0.25, 0.3) is 0 Å². The van der Waals surface area contributed by atoms with Crippen molar-refractivity contribution in [3.05, 3.63) is 65.3 Å². The molecule has 2 aliphatic rings. The number of thiocarbonyl (C=S) groups is 1. The molecule has 1 aliphatic heterocycles. The summed E-state index contributed by atoms with van der Waals surface area (Å²) < 4.78 is 0. The zero-order valence-electron chi connectivity index (χ0n) is 12.3. The lowest BCUT2D eigenvalue weighted by molar-refractivity contribution is 0.416. The molecule has 1 aromatic carbocycles. The maximum atomic E-state index is 5.50. The molecule has 1 heterocycles. The molecule has 21 heavy (non-hydrogen) atoms. The molecule has 0 radical (unpaired) electrons. The van der Waals surface area contributed by atoms with Crippen LogP contribution in [0.1, 0.15) is 24.0 Å². The van der Waals surface area contributed by atoms with Gasteiger partial charge in [-0.2, -0.15) is 0 Å². The molecule has 3 rings (SSSR count). The standard InChI is InChI=1S/C18H20N2S/c1-14-8-9-17-16(12-14)13-20(18(21)19-17)11-10-15-6-4-2-3-5-7-15/h2-6,8-9,12H,7,10-11,13H2,1H3,(H,19,21). The normalized spacial score (nSPS) is 17.1. The van der Waals surface area contributed by atoms with Gasteiger partial charge in [-0.3, -0.25) is 0 Å². The van der Waals surface area contributed by atoms with Crippen LogP contribution < -0.4 is 5.32 Å². The smallest absolute Gasteiger partial charge is 0.173 e. The van der Waals surface area contributed by atoms with E-state index >= 15 is 0 Å². The number of hydrogen-bond donors (Lipinski definition) is 1. The van der Waals surface area contributed by atoms with Crippen LogP contribution in [0.3, 0.4) is 0 Å². The van der Waals surface area contributed by atoms with Crippen molar-refractivity contribution in [2.24, 2.45) is 0 Å². The number of hydrogen-bond acceptors (Lipinski definition) is 1. The van der Waals surface area contributed by atoms with E-state index in [-0.39, 0.29) is 0 Å². The lowest BCUT2D eigenvalue weighted by Crippen LogP contribution is -2.39. The molecule has 0 atom stereocenters. The third kappa shape index (κ3) is 3.42. The molecular weight excluding hydrogens is 276 g/mol. The fraction of sp³-hybridized carbons (Fsp3) is 0.278. The third-order valence-electron chi connectivity index (χ3n) is 3.92. The Morgan fingerprint density at radius 3 is 3.05 bits per heavy atom. The van der Waals surface area contributed by atoms with Gasteiger partial charge in [0.1, 0.15) is 0 Å². The van der Waals surface area contributed by atoms with E-state index in [4.69, 9.17) is 12.2 Å². The number of fused-ring (bicyclic) bond motifs is 1. The highest BCUT2D eigenvalue weighted by Gasteiger charge is 2.19. The highest BCUT2D eigenvalue weighted by Crippen LogP contribution is 2.25. The van der Waals surface area contributed by atoms with Crippen LogP contribution in [0.2, 0.25) is 0 Å². The summed E-state index contributed by atoms with van der Waals surface area (Å²) in [5.74, 6) is 0. The number of benzene rings is 1. The summed E-state index contributed by atoms with van der Waals surface area (Å²) in [6.45, 7) is 4.00. The Bertz CT molecular complexity index is 641. The molecule has 0 amide bonds. The maximum Gasteiger partial charge on any atom is 0.173 e. The molecule has 0 saturated carbocycles. The Balaban J connectivity index is 1.66. The molecule has 0 saturated heterocycles. The summed E-state index contributed by atoms with van der Waals surface area (Å²) in [6, 6.07) is 6.49. The average molecular weight is 296 g/mol. The van der Waals surface area contributed by atoms with Crippen LogP contribution in [0.5, 0.6) is 0 Å². The highest BCUT2D eigenvalue weighted by atomic mass is 32.1. The van der Waals surface area contributed by atoms with Crippen molar-refractivity contribution >= 4 is 23.0 Å². The third-order valence-corrected chi connectivity index (χ3v) is 4.28. The Morgan fingerprint density at radius 1 is 1.24 bits per heavy atom. The molecule has 1 N–H and O–H groups in total. The van der Waals surface area contributed by atoms with E-state index in [1.807, 2.05) is 0 Å². The first-order valence-electron chi connectivity index (χ1n) is 7.39. The summed E-state index contributed by atoms with van der Waals surface area (Å²) in [6.07, 6.45) is 12.8. The summed E-state index contributed by atoms with van der Waals surface area (Å²) in [5, 5.41) is 4.19. The highest BCUT2D eigenvalue weighted by molar-refractivity contribution is 7.80. The fourth-order valence-corrected chi connectivity index (χ4v) is 2.98. The maximum absolute atomic E-state index is 5.50. The van der Waals surface area contributed by atoms with Gasteiger partial charge in [0, 0.05) is 18.8 Å². The van der Waals surface area contributed by atoms with E-state index in [1.165, 1.54) is 16.7 Å². The second-order valence-electron chi connectivity index (χ2n) is 5.60. The number of allylic oxidation sites excluding steroid dienone is 5. The van der Waals surface area contributed by atoms with Crippen LogP contribution >= 0.6 is 12.2 Å². The summed E-state index contributed by atoms with van der Waals surface area (Å²) in [7, 11) is 0. The van der Waals surface area contributed by atoms with Crippen molar-refractivity contribution in [2.45, 2.75) is 26.3 Å². The number of anilines is 1. The molecule has 3 heteroatoms. The SMILES string of the molecule is Cc1ccc2c(c1)CN(CCC1=CC=CC=CC1)C(=S)N2. The average Bonchev–Trinajstić information content (AvgIpc) is 2.74. The number of rotatable bonds is 3. The largest absolute Gasteiger partial charge is 0.344 e. The molecule has 2 nitrogen and oxygen atoms in total. The fourth-order valence-electron chi connectivity index (χ4n) is 2.71. The molecule has 0 bridgehead atoms. The number of nitrogens with one attached hydrogen (secondary N) is 1. The van der Waals surface area contributed by atoms with Crippen LogP contribution in [-0.4, -0.2) is 16.6 Å². The lowest BCUT2D eigenvalue weighted by Gasteiger charge is -2.32. The van der Waals surface area contributed by atoms with Gasteiger partial charge in [-0.1, -0.05) is 53.6 Å². The van der Waals surface area contributed by atoms with Crippen molar-refractivity contribution in [3.63, 3.8) is 0 Å². The number of nitrogens with zero attached hydrogens (tertiary/aromatic N) is 1. The molecular formula is C18H20N2S. The second-order valence-corrected chi connectivity index (χ2v) is 5.99. The molecule has 0 fully saturated rings. The minimum atomic E-state index is 0.839. The van der Waals surface area contributed by atoms with Crippen LogP contribution in [0.25, 0.3) is 0 Å². The van der Waals surface area contributed by atoms with Crippen molar-refractivity contribution in [1.82, 2.24) is 4.90 Å². The molecule has 0 spiro atoms. The van der Waals surface area contributed by atoms with Crippen LogP contribution in [0, 0.1) is 6.92 Å². The van der Waals surface area contributed by atoms with Crippen molar-refractivity contribution in [1.29, 1.82) is 0 Å². The van der Waals surface area contributed by atoms with Gasteiger partial charge in [-0.05, 0) is 43.6 Å². The van der Waals surface area contributed by atoms with Gasteiger partial charge >= 0.3 is 0 Å². The topological polar surface area (TPSA) is 15.3 Å². The van der Waals surface area contributed by atoms with E-state index < -0.39 is 0 Å². The van der Waals surface area contributed by atoms with Crippen molar-refractivity contribution < 1.29 is 0 Å². The Hall–Kier alpha value is -1.87. The first-order valence-corrected chi connectivity index (χ1v) is 7.80. The lowest BCUT2D eigenvalue weighted by atomic mass is 10.1. The van der Waals surface area contributed by atoms with E-state index in [0.29, 0.717) is 0 Å². The molecule has 1 aromatic rings. The monoisotopic (exact) mass is 296 g/mol.